The summed E-state index contributed by atoms with van der Waals surface area (Å²) in [6.45, 7) is 3.83. The molecule has 2 saturated heterocycles. The number of hydrogen-bond acceptors (Lipinski definition) is 5. The van der Waals surface area contributed by atoms with Gasteiger partial charge in [0.25, 0.3) is 11.6 Å². The van der Waals surface area contributed by atoms with Crippen LogP contribution in [0.4, 0.5) is 11.4 Å². The van der Waals surface area contributed by atoms with Crippen LogP contribution in [-0.4, -0.2) is 52.9 Å². The molecule has 1 aromatic carbocycles. The van der Waals surface area contributed by atoms with E-state index in [4.69, 9.17) is 5.73 Å². The van der Waals surface area contributed by atoms with Crippen molar-refractivity contribution in [2.24, 2.45) is 0 Å². The minimum Gasteiger partial charge on any atom is -0.393 e. The van der Waals surface area contributed by atoms with E-state index in [-0.39, 0.29) is 23.3 Å². The molecule has 23 heavy (non-hydrogen) atoms. The van der Waals surface area contributed by atoms with Gasteiger partial charge < -0.3 is 15.5 Å². The molecule has 0 aromatic heterocycles. The van der Waals surface area contributed by atoms with Gasteiger partial charge in [-0.05, 0) is 50.9 Å². The molecule has 0 saturated carbocycles. The molecule has 124 valence electrons. The Morgan fingerprint density at radius 2 is 2.00 bits per heavy atom. The van der Waals surface area contributed by atoms with Gasteiger partial charge >= 0.3 is 0 Å². The highest BCUT2D eigenvalue weighted by molar-refractivity contribution is 5.96. The number of nitrogens with two attached hydrogens (primary N) is 1. The lowest BCUT2D eigenvalue weighted by atomic mass is 10.1. The molecule has 7 nitrogen and oxygen atoms in total. The van der Waals surface area contributed by atoms with Crippen molar-refractivity contribution in [1.82, 2.24) is 9.80 Å². The summed E-state index contributed by atoms with van der Waals surface area (Å²) in [4.78, 5) is 27.5. The number of nitrogen functional groups attached to an aromatic ring is 1. The molecule has 0 radical (unpaired) electrons. The first kappa shape index (κ1) is 15.7. The van der Waals surface area contributed by atoms with Gasteiger partial charge in [-0.3, -0.25) is 14.9 Å². The predicted octanol–water partition coefficient (Wildman–Crippen LogP) is 1.88. The number of carbonyl (C=O) groups is 1. The molecule has 0 aliphatic carbocycles. The maximum Gasteiger partial charge on any atom is 0.292 e. The summed E-state index contributed by atoms with van der Waals surface area (Å²) in [5, 5.41) is 11.0. The molecule has 2 aliphatic heterocycles. The molecule has 2 heterocycles. The number of nitro groups is 1. The van der Waals surface area contributed by atoms with Crippen molar-refractivity contribution in [3.8, 4) is 0 Å². The Labute approximate surface area is 135 Å². The lowest BCUT2D eigenvalue weighted by Gasteiger charge is -2.28. The molecule has 0 unspecified atom stereocenters. The molecule has 0 bridgehead atoms. The van der Waals surface area contributed by atoms with Crippen molar-refractivity contribution in [2.75, 3.05) is 31.9 Å². The summed E-state index contributed by atoms with van der Waals surface area (Å²) in [5.41, 5.74) is 5.84. The van der Waals surface area contributed by atoms with Crippen LogP contribution in [0.15, 0.2) is 18.2 Å². The van der Waals surface area contributed by atoms with Crippen molar-refractivity contribution in [2.45, 2.75) is 31.7 Å². The third kappa shape index (κ3) is 3.29. The van der Waals surface area contributed by atoms with Crippen molar-refractivity contribution < 1.29 is 9.72 Å². The maximum atomic E-state index is 12.8. The van der Waals surface area contributed by atoms with Gasteiger partial charge in [-0.1, -0.05) is 0 Å². The van der Waals surface area contributed by atoms with Gasteiger partial charge in [0, 0.05) is 30.8 Å². The normalized spacial score (nSPS) is 21.7. The number of benzene rings is 1. The largest absolute Gasteiger partial charge is 0.393 e. The van der Waals surface area contributed by atoms with Crippen molar-refractivity contribution in [3.05, 3.63) is 33.9 Å². The second-order valence-corrected chi connectivity index (χ2v) is 6.33. The topological polar surface area (TPSA) is 92.7 Å². The van der Waals surface area contributed by atoms with Crippen LogP contribution < -0.4 is 5.73 Å². The SMILES string of the molecule is Nc1ccc(C(=O)N2CCC[C@@H]2CN2CCCC2)cc1[N+](=O)[O-]. The third-order valence-electron chi connectivity index (χ3n) is 4.78. The number of amides is 1. The van der Waals surface area contributed by atoms with Crippen LogP contribution in [0.25, 0.3) is 0 Å². The van der Waals surface area contributed by atoms with Crippen LogP contribution in [0.1, 0.15) is 36.0 Å². The Kier molecular flexibility index (Phi) is 4.47. The summed E-state index contributed by atoms with van der Waals surface area (Å²) >= 11 is 0. The fraction of sp³-hybridized carbons (Fsp3) is 0.562. The Bertz CT molecular complexity index is 613. The molecule has 2 aliphatic rings. The van der Waals surface area contributed by atoms with E-state index < -0.39 is 4.92 Å². The van der Waals surface area contributed by atoms with E-state index in [0.717, 1.165) is 39.0 Å². The molecule has 1 atom stereocenters. The van der Waals surface area contributed by atoms with E-state index in [0.29, 0.717) is 5.56 Å². The molecule has 7 heteroatoms. The number of rotatable bonds is 4. The highest BCUT2D eigenvalue weighted by atomic mass is 16.6. The van der Waals surface area contributed by atoms with Crippen molar-refractivity contribution >= 4 is 17.3 Å². The standard InChI is InChI=1S/C16H22N4O3/c17-14-6-5-12(10-15(14)20(22)23)16(21)19-9-3-4-13(19)11-18-7-1-2-8-18/h5-6,10,13H,1-4,7-9,11,17H2/t13-/m1/s1. The lowest BCUT2D eigenvalue weighted by molar-refractivity contribution is -0.383. The summed E-state index contributed by atoms with van der Waals surface area (Å²) in [6, 6.07) is 4.52. The molecular formula is C16H22N4O3. The Balaban J connectivity index is 1.75. The highest BCUT2D eigenvalue weighted by Gasteiger charge is 2.32. The Morgan fingerprint density at radius 3 is 2.70 bits per heavy atom. The molecular weight excluding hydrogens is 296 g/mol. The minimum atomic E-state index is -0.544. The summed E-state index contributed by atoms with van der Waals surface area (Å²) in [5.74, 6) is -0.130. The van der Waals surface area contributed by atoms with Gasteiger partial charge in [-0.2, -0.15) is 0 Å². The Hall–Kier alpha value is -2.15. The first-order valence-corrected chi connectivity index (χ1v) is 8.13. The zero-order valence-corrected chi connectivity index (χ0v) is 13.1. The molecule has 2 N–H and O–H groups in total. The van der Waals surface area contributed by atoms with Crippen molar-refractivity contribution in [1.29, 1.82) is 0 Å². The number of likely N-dealkylation sites (tertiary alicyclic amines) is 2. The number of hydrogen-bond donors (Lipinski definition) is 1. The Morgan fingerprint density at radius 1 is 1.26 bits per heavy atom. The van der Waals surface area contributed by atoms with Gasteiger partial charge in [0.05, 0.1) is 4.92 Å². The van der Waals surface area contributed by atoms with Gasteiger partial charge in [0.2, 0.25) is 0 Å². The fourth-order valence-electron chi connectivity index (χ4n) is 3.56. The van der Waals surface area contributed by atoms with Gasteiger partial charge in [-0.25, -0.2) is 0 Å². The zero-order chi connectivity index (χ0) is 16.4. The molecule has 2 fully saturated rings. The monoisotopic (exact) mass is 318 g/mol. The average molecular weight is 318 g/mol. The van der Waals surface area contributed by atoms with Crippen LogP contribution in [0.2, 0.25) is 0 Å². The minimum absolute atomic E-state index is 0.0848. The quantitative estimate of drug-likeness (QED) is 0.520. The summed E-state index contributed by atoms with van der Waals surface area (Å²) in [6.07, 6.45) is 4.44. The van der Waals surface area contributed by atoms with Crippen LogP contribution in [0.3, 0.4) is 0 Å². The van der Waals surface area contributed by atoms with E-state index >= 15 is 0 Å². The lowest BCUT2D eigenvalue weighted by Crippen LogP contribution is -2.42. The first-order valence-electron chi connectivity index (χ1n) is 8.13. The van der Waals surface area contributed by atoms with Crippen LogP contribution in [0, 0.1) is 10.1 Å². The average Bonchev–Trinajstić information content (AvgIpc) is 3.19. The smallest absolute Gasteiger partial charge is 0.292 e. The fourth-order valence-corrected chi connectivity index (χ4v) is 3.56. The number of carbonyl (C=O) groups excluding carboxylic acids is 1. The second kappa shape index (κ2) is 6.54. The van der Waals surface area contributed by atoms with Crippen LogP contribution in [-0.2, 0) is 0 Å². The summed E-state index contributed by atoms with van der Waals surface area (Å²) < 4.78 is 0. The van der Waals surface area contributed by atoms with Gasteiger partial charge in [0.1, 0.15) is 5.69 Å². The molecule has 1 aromatic rings. The third-order valence-corrected chi connectivity index (χ3v) is 4.78. The van der Waals surface area contributed by atoms with Crippen molar-refractivity contribution in [3.63, 3.8) is 0 Å². The number of anilines is 1. The number of nitro benzene ring substituents is 1. The zero-order valence-electron chi connectivity index (χ0n) is 13.1. The molecule has 3 rings (SSSR count). The van der Waals surface area contributed by atoms with Crippen LogP contribution in [0.5, 0.6) is 0 Å². The maximum absolute atomic E-state index is 12.8. The van der Waals surface area contributed by atoms with Gasteiger partial charge in [0.15, 0.2) is 0 Å². The summed E-state index contributed by atoms with van der Waals surface area (Å²) in [7, 11) is 0. The molecule has 1 amide bonds. The van der Waals surface area contributed by atoms with E-state index in [2.05, 4.69) is 4.90 Å². The number of nitrogens with zero attached hydrogens (tertiary/aromatic N) is 3. The van der Waals surface area contributed by atoms with Gasteiger partial charge in [-0.15, -0.1) is 0 Å². The van der Waals surface area contributed by atoms with E-state index in [1.165, 1.54) is 25.0 Å². The highest BCUT2D eigenvalue weighted by Crippen LogP contribution is 2.26. The first-order chi connectivity index (χ1) is 11.1. The van der Waals surface area contributed by atoms with E-state index in [1.807, 2.05) is 4.90 Å². The second-order valence-electron chi connectivity index (χ2n) is 6.33. The van der Waals surface area contributed by atoms with E-state index in [1.54, 1.807) is 6.07 Å². The van der Waals surface area contributed by atoms with E-state index in [9.17, 15) is 14.9 Å². The predicted molar refractivity (Wildman–Crippen MR) is 87.2 cm³/mol. The van der Waals surface area contributed by atoms with Crippen LogP contribution >= 0.6 is 0 Å². The molecule has 0 spiro atoms.